The van der Waals surface area contributed by atoms with E-state index in [9.17, 15) is 5.11 Å². The monoisotopic (exact) mass is 228 g/mol. The van der Waals surface area contributed by atoms with Crippen LogP contribution in [0, 0.1) is 11.8 Å². The van der Waals surface area contributed by atoms with Crippen molar-refractivity contribution in [3.8, 4) is 11.8 Å². The Bertz CT molecular complexity index is 274. The fourth-order valence-corrected chi connectivity index (χ4v) is 0.600. The van der Waals surface area contributed by atoms with E-state index in [1.807, 2.05) is 20.8 Å². The molecule has 0 fully saturated rings. The topological polar surface area (TPSA) is 38.7 Å². The summed E-state index contributed by atoms with van der Waals surface area (Å²) in [6.45, 7) is 12.8. The van der Waals surface area contributed by atoms with E-state index in [0.717, 1.165) is 6.42 Å². The second kappa shape index (κ2) is 5.18. The van der Waals surface area contributed by atoms with Gasteiger partial charge in [0.05, 0.1) is 5.60 Å². The Hall–Kier alpha value is -0.560. The number of hydrogen-bond donors (Lipinski definition) is 1. The molecule has 0 aromatic carbocycles. The van der Waals surface area contributed by atoms with Gasteiger partial charge in [0.15, 0.2) is 5.60 Å². The van der Waals surface area contributed by atoms with Gasteiger partial charge in [0.25, 0.3) is 0 Å². The van der Waals surface area contributed by atoms with Crippen molar-refractivity contribution in [2.75, 3.05) is 0 Å². The first-order chi connectivity index (χ1) is 6.97. The first kappa shape index (κ1) is 15.4. The Labute approximate surface area is 99.1 Å². The highest BCUT2D eigenvalue weighted by molar-refractivity contribution is 5.17. The van der Waals surface area contributed by atoms with Crippen LogP contribution in [0.2, 0.25) is 0 Å². The third-order valence-corrected chi connectivity index (χ3v) is 2.00. The first-order valence-corrected chi connectivity index (χ1v) is 5.61. The summed E-state index contributed by atoms with van der Waals surface area (Å²) in [4.78, 5) is 10.6. The molecule has 0 unspecified atom stereocenters. The van der Waals surface area contributed by atoms with E-state index in [0.29, 0.717) is 0 Å². The molecular weight excluding hydrogens is 204 g/mol. The second-order valence-corrected chi connectivity index (χ2v) is 5.60. The highest BCUT2D eigenvalue weighted by Gasteiger charge is 2.24. The zero-order valence-corrected chi connectivity index (χ0v) is 11.5. The summed E-state index contributed by atoms with van der Waals surface area (Å²) in [5.41, 5.74) is -2.07. The molecule has 3 heteroatoms. The Morgan fingerprint density at radius 3 is 1.81 bits per heavy atom. The van der Waals surface area contributed by atoms with Crippen LogP contribution < -0.4 is 0 Å². The first-order valence-electron chi connectivity index (χ1n) is 5.61. The summed E-state index contributed by atoms with van der Waals surface area (Å²) < 4.78 is 0. The standard InChI is InChI=1S/C13H24O3/c1-8-12(4,5)15-16-13(6,7)10-9-11(2,3)14/h14H,8H2,1-7H3. The Balaban J connectivity index is 4.41. The molecule has 0 heterocycles. The van der Waals surface area contributed by atoms with E-state index in [-0.39, 0.29) is 5.60 Å². The maximum Gasteiger partial charge on any atom is 0.158 e. The van der Waals surface area contributed by atoms with Gasteiger partial charge in [-0.15, -0.1) is 0 Å². The van der Waals surface area contributed by atoms with E-state index >= 15 is 0 Å². The van der Waals surface area contributed by atoms with Crippen molar-refractivity contribution in [1.29, 1.82) is 0 Å². The summed E-state index contributed by atoms with van der Waals surface area (Å²) in [7, 11) is 0. The minimum atomic E-state index is -1.01. The molecule has 0 rings (SSSR count). The molecule has 0 saturated heterocycles. The molecule has 0 bridgehead atoms. The van der Waals surface area contributed by atoms with E-state index < -0.39 is 11.2 Å². The molecule has 0 saturated carbocycles. The molecular formula is C13H24O3. The molecule has 0 aliphatic carbocycles. The van der Waals surface area contributed by atoms with Crippen LogP contribution in [0.15, 0.2) is 0 Å². The van der Waals surface area contributed by atoms with Gasteiger partial charge < -0.3 is 5.11 Å². The predicted octanol–water partition coefficient (Wildman–Crippen LogP) is 2.68. The molecule has 0 aromatic rings. The van der Waals surface area contributed by atoms with Crippen molar-refractivity contribution in [3.05, 3.63) is 0 Å². The smallest absolute Gasteiger partial charge is 0.158 e. The minimum Gasteiger partial charge on any atom is -0.378 e. The van der Waals surface area contributed by atoms with E-state index in [1.165, 1.54) is 0 Å². The molecule has 0 radical (unpaired) electrons. The lowest BCUT2D eigenvalue weighted by molar-refractivity contribution is -0.388. The molecule has 1 N–H and O–H groups in total. The second-order valence-electron chi connectivity index (χ2n) is 5.60. The molecule has 0 amide bonds. The van der Waals surface area contributed by atoms with Crippen LogP contribution in [-0.2, 0) is 9.78 Å². The van der Waals surface area contributed by atoms with Crippen molar-refractivity contribution < 1.29 is 14.9 Å². The zero-order chi connectivity index (χ0) is 13.0. The lowest BCUT2D eigenvalue weighted by atomic mass is 10.1. The molecule has 0 atom stereocenters. The van der Waals surface area contributed by atoms with Crippen LogP contribution in [0.25, 0.3) is 0 Å². The summed E-state index contributed by atoms with van der Waals surface area (Å²) in [6.07, 6.45) is 0.849. The van der Waals surface area contributed by atoms with Crippen molar-refractivity contribution in [2.45, 2.75) is 71.7 Å². The van der Waals surface area contributed by atoms with Gasteiger partial charge in [0.1, 0.15) is 5.60 Å². The summed E-state index contributed by atoms with van der Waals surface area (Å²) >= 11 is 0. The molecule has 0 aliphatic rings. The average Bonchev–Trinajstić information content (AvgIpc) is 2.12. The molecule has 3 nitrogen and oxygen atoms in total. The largest absolute Gasteiger partial charge is 0.378 e. The predicted molar refractivity (Wildman–Crippen MR) is 64.7 cm³/mol. The van der Waals surface area contributed by atoms with Crippen LogP contribution in [0.5, 0.6) is 0 Å². The van der Waals surface area contributed by atoms with Crippen molar-refractivity contribution >= 4 is 0 Å². The van der Waals surface area contributed by atoms with Gasteiger partial charge in [0.2, 0.25) is 0 Å². The zero-order valence-electron chi connectivity index (χ0n) is 11.5. The quantitative estimate of drug-likeness (QED) is 0.457. The van der Waals surface area contributed by atoms with Gasteiger partial charge in [-0.25, -0.2) is 9.78 Å². The van der Waals surface area contributed by atoms with Gasteiger partial charge in [-0.2, -0.15) is 0 Å². The maximum atomic E-state index is 9.49. The van der Waals surface area contributed by atoms with Crippen LogP contribution in [0.4, 0.5) is 0 Å². The van der Waals surface area contributed by atoms with Gasteiger partial charge in [0, 0.05) is 0 Å². The highest BCUT2D eigenvalue weighted by atomic mass is 17.2. The van der Waals surface area contributed by atoms with E-state index in [2.05, 4.69) is 11.8 Å². The van der Waals surface area contributed by atoms with Gasteiger partial charge >= 0.3 is 0 Å². The fourth-order valence-electron chi connectivity index (χ4n) is 0.600. The van der Waals surface area contributed by atoms with Crippen molar-refractivity contribution in [3.63, 3.8) is 0 Å². The van der Waals surface area contributed by atoms with Crippen LogP contribution >= 0.6 is 0 Å². The molecule has 0 aromatic heterocycles. The Kier molecular flexibility index (Phi) is 5.00. The van der Waals surface area contributed by atoms with Gasteiger partial charge in [-0.1, -0.05) is 18.8 Å². The van der Waals surface area contributed by atoms with Gasteiger partial charge in [-0.05, 0) is 48.0 Å². The summed E-state index contributed by atoms with van der Waals surface area (Å²) in [5, 5.41) is 9.49. The van der Waals surface area contributed by atoms with Crippen molar-refractivity contribution in [1.82, 2.24) is 0 Å². The SMILES string of the molecule is CCC(C)(C)OOC(C)(C)C#CC(C)(C)O. The number of rotatable bonds is 4. The minimum absolute atomic E-state index is 0.326. The lowest BCUT2D eigenvalue weighted by Gasteiger charge is -2.27. The van der Waals surface area contributed by atoms with Crippen LogP contribution in [0.3, 0.4) is 0 Å². The number of aliphatic hydroxyl groups is 1. The normalized spacial score (nSPS) is 13.2. The summed E-state index contributed by atoms with van der Waals surface area (Å²) in [5.74, 6) is 5.57. The third-order valence-electron chi connectivity index (χ3n) is 2.00. The molecule has 94 valence electrons. The third kappa shape index (κ3) is 7.70. The molecule has 16 heavy (non-hydrogen) atoms. The fraction of sp³-hybridized carbons (Fsp3) is 0.846. The Morgan fingerprint density at radius 1 is 0.938 bits per heavy atom. The summed E-state index contributed by atoms with van der Waals surface area (Å²) in [6, 6.07) is 0. The van der Waals surface area contributed by atoms with E-state index in [1.54, 1.807) is 27.7 Å². The van der Waals surface area contributed by atoms with E-state index in [4.69, 9.17) is 9.78 Å². The van der Waals surface area contributed by atoms with Gasteiger partial charge in [-0.3, -0.25) is 0 Å². The van der Waals surface area contributed by atoms with Crippen LogP contribution in [-0.4, -0.2) is 21.9 Å². The molecule has 0 spiro atoms. The Morgan fingerprint density at radius 2 is 1.44 bits per heavy atom. The maximum absolute atomic E-state index is 9.49. The highest BCUT2D eigenvalue weighted by Crippen LogP contribution is 2.19. The van der Waals surface area contributed by atoms with Crippen LogP contribution in [0.1, 0.15) is 54.9 Å². The molecule has 0 aliphatic heterocycles. The van der Waals surface area contributed by atoms with Crippen molar-refractivity contribution in [2.24, 2.45) is 0 Å². The lowest BCUT2D eigenvalue weighted by Crippen LogP contribution is -2.31. The number of hydrogen-bond acceptors (Lipinski definition) is 3. The average molecular weight is 228 g/mol.